The maximum absolute atomic E-state index is 11.9. The van der Waals surface area contributed by atoms with Crippen LogP contribution < -0.4 is 0 Å². The molecule has 0 atom stereocenters. The zero-order valence-corrected chi connectivity index (χ0v) is 12.0. The van der Waals surface area contributed by atoms with E-state index in [0.717, 1.165) is 39.9 Å². The number of aryl methyl sites for hydroxylation is 2. The molecule has 1 saturated carbocycles. The molecule has 0 aliphatic heterocycles. The van der Waals surface area contributed by atoms with E-state index >= 15 is 0 Å². The Kier molecular flexibility index (Phi) is 2.33. The quantitative estimate of drug-likeness (QED) is 0.762. The van der Waals surface area contributed by atoms with Crippen molar-refractivity contribution in [2.45, 2.75) is 38.5 Å². The van der Waals surface area contributed by atoms with Gasteiger partial charge in [-0.15, -0.1) is 0 Å². The van der Waals surface area contributed by atoms with E-state index < -0.39 is 11.4 Å². The molecule has 4 rings (SSSR count). The van der Waals surface area contributed by atoms with Crippen LogP contribution in [0.2, 0.25) is 0 Å². The minimum Gasteiger partial charge on any atom is -0.481 e. The number of furan rings is 2. The molecule has 3 aromatic rings. The predicted molar refractivity (Wildman–Crippen MR) is 78.6 cm³/mol. The molecule has 4 nitrogen and oxygen atoms in total. The zero-order chi connectivity index (χ0) is 14.8. The van der Waals surface area contributed by atoms with Gasteiger partial charge in [-0.3, -0.25) is 4.79 Å². The molecule has 0 bridgehead atoms. The van der Waals surface area contributed by atoms with E-state index in [1.165, 1.54) is 0 Å². The van der Waals surface area contributed by atoms with Crippen LogP contribution >= 0.6 is 0 Å². The van der Waals surface area contributed by atoms with E-state index in [4.69, 9.17) is 8.83 Å². The SMILES string of the molecule is Cc1cc2c(C3(C(=O)O)CCC3)c3oc(C)cc3cc2o1. The third kappa shape index (κ3) is 1.53. The number of hydrogen-bond donors (Lipinski definition) is 1. The summed E-state index contributed by atoms with van der Waals surface area (Å²) in [4.78, 5) is 11.9. The Bertz CT molecular complexity index is 822. The maximum atomic E-state index is 11.9. The summed E-state index contributed by atoms with van der Waals surface area (Å²) in [7, 11) is 0. The lowest BCUT2D eigenvalue weighted by molar-refractivity contribution is -0.147. The van der Waals surface area contributed by atoms with Crippen LogP contribution in [0.1, 0.15) is 36.3 Å². The lowest BCUT2D eigenvalue weighted by atomic mass is 9.63. The minimum atomic E-state index is -0.835. The lowest BCUT2D eigenvalue weighted by Gasteiger charge is -2.38. The lowest BCUT2D eigenvalue weighted by Crippen LogP contribution is -2.42. The van der Waals surface area contributed by atoms with Gasteiger partial charge in [-0.1, -0.05) is 6.42 Å². The van der Waals surface area contributed by atoms with Crippen molar-refractivity contribution in [3.63, 3.8) is 0 Å². The first-order valence-corrected chi connectivity index (χ1v) is 7.18. The summed E-state index contributed by atoms with van der Waals surface area (Å²) in [5.41, 5.74) is 1.39. The van der Waals surface area contributed by atoms with Crippen LogP contribution in [0.4, 0.5) is 0 Å². The second-order valence-corrected chi connectivity index (χ2v) is 6.04. The largest absolute Gasteiger partial charge is 0.481 e. The van der Waals surface area contributed by atoms with Gasteiger partial charge >= 0.3 is 5.97 Å². The molecule has 0 amide bonds. The molecule has 0 radical (unpaired) electrons. The first-order chi connectivity index (χ1) is 10.0. The molecule has 21 heavy (non-hydrogen) atoms. The third-order valence-corrected chi connectivity index (χ3v) is 4.65. The molecule has 108 valence electrons. The monoisotopic (exact) mass is 284 g/mol. The van der Waals surface area contributed by atoms with E-state index in [2.05, 4.69) is 0 Å². The van der Waals surface area contributed by atoms with Crippen molar-refractivity contribution in [2.75, 3.05) is 0 Å². The van der Waals surface area contributed by atoms with Gasteiger partial charge in [0, 0.05) is 16.3 Å². The van der Waals surface area contributed by atoms with E-state index in [1.54, 1.807) is 0 Å². The number of fused-ring (bicyclic) bond motifs is 2. The Balaban J connectivity index is 2.18. The number of carboxylic acid groups (broad SMARTS) is 1. The van der Waals surface area contributed by atoms with Crippen molar-refractivity contribution in [3.8, 4) is 0 Å². The molecule has 1 aliphatic carbocycles. The van der Waals surface area contributed by atoms with Crippen molar-refractivity contribution in [1.29, 1.82) is 0 Å². The van der Waals surface area contributed by atoms with Gasteiger partial charge in [-0.25, -0.2) is 0 Å². The van der Waals surface area contributed by atoms with Gasteiger partial charge in [0.1, 0.15) is 22.7 Å². The smallest absolute Gasteiger partial charge is 0.314 e. The standard InChI is InChI=1S/C17H16O4/c1-9-6-11-8-13-12(7-10(2)20-13)14(15(11)21-9)17(16(18)19)4-3-5-17/h6-8H,3-5H2,1-2H3,(H,18,19). The normalized spacial score (nSPS) is 17.2. The molecule has 0 spiro atoms. The van der Waals surface area contributed by atoms with Gasteiger partial charge in [-0.05, 0) is 44.9 Å². The molecule has 1 fully saturated rings. The first kappa shape index (κ1) is 12.5. The van der Waals surface area contributed by atoms with Gasteiger partial charge in [0.05, 0.1) is 5.41 Å². The predicted octanol–water partition coefficient (Wildman–Crippen LogP) is 4.30. The van der Waals surface area contributed by atoms with Crippen molar-refractivity contribution in [2.24, 2.45) is 0 Å². The van der Waals surface area contributed by atoms with Gasteiger partial charge in [0.25, 0.3) is 0 Å². The average Bonchev–Trinajstić information content (AvgIpc) is 2.87. The highest BCUT2D eigenvalue weighted by molar-refractivity contribution is 6.03. The Morgan fingerprint density at radius 1 is 1.14 bits per heavy atom. The van der Waals surface area contributed by atoms with Crippen LogP contribution in [0.25, 0.3) is 21.9 Å². The van der Waals surface area contributed by atoms with E-state index in [1.807, 2.05) is 32.0 Å². The molecule has 4 heteroatoms. The molecular formula is C17H16O4. The van der Waals surface area contributed by atoms with Crippen molar-refractivity contribution in [1.82, 2.24) is 0 Å². The van der Waals surface area contributed by atoms with E-state index in [9.17, 15) is 9.90 Å². The second kappa shape index (κ2) is 3.91. The molecule has 1 aliphatic rings. The summed E-state index contributed by atoms with van der Waals surface area (Å²) in [6.07, 6.45) is 2.24. The Hall–Kier alpha value is -2.23. The van der Waals surface area contributed by atoms with Gasteiger partial charge in [-0.2, -0.15) is 0 Å². The summed E-state index contributed by atoms with van der Waals surface area (Å²) < 4.78 is 11.6. The van der Waals surface area contributed by atoms with Crippen LogP contribution in [-0.4, -0.2) is 11.1 Å². The van der Waals surface area contributed by atoms with Crippen molar-refractivity contribution < 1.29 is 18.7 Å². The molecule has 1 N–H and O–H groups in total. The highest BCUT2D eigenvalue weighted by Gasteiger charge is 2.49. The van der Waals surface area contributed by atoms with Crippen molar-refractivity contribution >= 4 is 27.9 Å². The van der Waals surface area contributed by atoms with Crippen LogP contribution in [0, 0.1) is 13.8 Å². The third-order valence-electron chi connectivity index (χ3n) is 4.65. The van der Waals surface area contributed by atoms with Crippen molar-refractivity contribution in [3.05, 3.63) is 35.3 Å². The number of aliphatic carboxylic acids is 1. The molecule has 1 aromatic carbocycles. The summed E-state index contributed by atoms with van der Waals surface area (Å²) >= 11 is 0. The van der Waals surface area contributed by atoms with Crippen LogP contribution in [-0.2, 0) is 10.2 Å². The Labute approximate surface area is 121 Å². The summed E-state index contributed by atoms with van der Waals surface area (Å²) in [6.45, 7) is 3.76. The fraction of sp³-hybridized carbons (Fsp3) is 0.353. The van der Waals surface area contributed by atoms with Gasteiger partial charge in [0.15, 0.2) is 0 Å². The molecule has 2 heterocycles. The minimum absolute atomic E-state index is 0.653. The van der Waals surface area contributed by atoms with Crippen LogP contribution in [0.15, 0.2) is 27.0 Å². The molecule has 0 unspecified atom stereocenters. The zero-order valence-electron chi connectivity index (χ0n) is 12.0. The number of carboxylic acids is 1. The number of rotatable bonds is 2. The fourth-order valence-corrected chi connectivity index (χ4v) is 3.51. The molecular weight excluding hydrogens is 268 g/mol. The number of hydrogen-bond acceptors (Lipinski definition) is 3. The first-order valence-electron chi connectivity index (χ1n) is 7.18. The van der Waals surface area contributed by atoms with Gasteiger partial charge in [0.2, 0.25) is 0 Å². The summed E-state index contributed by atoms with van der Waals surface area (Å²) in [5.74, 6) is 0.807. The highest BCUT2D eigenvalue weighted by Crippen LogP contribution is 2.50. The maximum Gasteiger partial charge on any atom is 0.314 e. The number of benzene rings is 1. The average molecular weight is 284 g/mol. The highest BCUT2D eigenvalue weighted by atomic mass is 16.4. The summed E-state index contributed by atoms with van der Waals surface area (Å²) in [6, 6.07) is 5.79. The molecule has 0 saturated heterocycles. The fourth-order valence-electron chi connectivity index (χ4n) is 3.51. The second-order valence-electron chi connectivity index (χ2n) is 6.04. The van der Waals surface area contributed by atoms with E-state index in [0.29, 0.717) is 18.4 Å². The topological polar surface area (TPSA) is 63.6 Å². The Morgan fingerprint density at radius 2 is 1.86 bits per heavy atom. The Morgan fingerprint density at radius 3 is 2.48 bits per heavy atom. The summed E-state index contributed by atoms with van der Waals surface area (Å²) in [5, 5.41) is 11.6. The number of carbonyl (C=O) groups is 1. The van der Waals surface area contributed by atoms with E-state index in [-0.39, 0.29) is 0 Å². The van der Waals surface area contributed by atoms with Gasteiger partial charge < -0.3 is 13.9 Å². The van der Waals surface area contributed by atoms with Crippen LogP contribution in [0.5, 0.6) is 0 Å². The van der Waals surface area contributed by atoms with Crippen LogP contribution in [0.3, 0.4) is 0 Å². The molecule has 2 aromatic heterocycles.